The SMILES string of the molecule is N#C/C(=C/NCCc1ccccc1Br)C(=O)Nc1ccccc1O. The number of phenolic OH excluding ortho intramolecular Hbond substituents is 1. The van der Waals surface area contributed by atoms with Gasteiger partial charge in [-0.3, -0.25) is 4.79 Å². The molecule has 2 rings (SSSR count). The number of rotatable bonds is 6. The van der Waals surface area contributed by atoms with Crippen molar-refractivity contribution >= 4 is 27.5 Å². The summed E-state index contributed by atoms with van der Waals surface area (Å²) in [5, 5.41) is 24.2. The summed E-state index contributed by atoms with van der Waals surface area (Å²) < 4.78 is 1.02. The van der Waals surface area contributed by atoms with Crippen molar-refractivity contribution in [1.29, 1.82) is 5.26 Å². The lowest BCUT2D eigenvalue weighted by Gasteiger charge is -2.07. The highest BCUT2D eigenvalue weighted by Crippen LogP contribution is 2.21. The van der Waals surface area contributed by atoms with E-state index in [2.05, 4.69) is 26.6 Å². The first-order chi connectivity index (χ1) is 11.6. The lowest BCUT2D eigenvalue weighted by molar-refractivity contribution is -0.112. The van der Waals surface area contributed by atoms with Crippen LogP contribution in [0.2, 0.25) is 0 Å². The van der Waals surface area contributed by atoms with E-state index in [1.54, 1.807) is 18.2 Å². The van der Waals surface area contributed by atoms with Gasteiger partial charge < -0.3 is 15.7 Å². The molecule has 0 atom stereocenters. The fraction of sp³-hybridized carbons (Fsp3) is 0.111. The zero-order valence-electron chi connectivity index (χ0n) is 12.8. The van der Waals surface area contributed by atoms with Crippen LogP contribution in [0.25, 0.3) is 0 Å². The highest BCUT2D eigenvalue weighted by Gasteiger charge is 2.11. The van der Waals surface area contributed by atoms with E-state index in [1.807, 2.05) is 30.3 Å². The van der Waals surface area contributed by atoms with E-state index >= 15 is 0 Å². The van der Waals surface area contributed by atoms with Crippen LogP contribution in [0.4, 0.5) is 5.69 Å². The van der Waals surface area contributed by atoms with Crippen LogP contribution < -0.4 is 10.6 Å². The Morgan fingerprint density at radius 2 is 1.92 bits per heavy atom. The molecule has 0 radical (unpaired) electrons. The molecule has 1 amide bonds. The van der Waals surface area contributed by atoms with Crippen LogP contribution in [0.5, 0.6) is 5.75 Å². The van der Waals surface area contributed by atoms with Crippen LogP contribution in [0, 0.1) is 11.3 Å². The largest absolute Gasteiger partial charge is 0.506 e. The van der Waals surface area contributed by atoms with Gasteiger partial charge >= 0.3 is 0 Å². The molecule has 0 saturated heterocycles. The molecule has 0 aromatic heterocycles. The molecule has 2 aromatic rings. The minimum absolute atomic E-state index is 0.0509. The van der Waals surface area contributed by atoms with Crippen LogP contribution in [0.15, 0.2) is 64.8 Å². The number of amides is 1. The number of nitriles is 1. The number of anilines is 1. The van der Waals surface area contributed by atoms with Gasteiger partial charge in [0.1, 0.15) is 17.4 Å². The summed E-state index contributed by atoms with van der Waals surface area (Å²) in [5.41, 5.74) is 1.33. The van der Waals surface area contributed by atoms with Crippen LogP contribution in [0.1, 0.15) is 5.56 Å². The Labute approximate surface area is 148 Å². The Balaban J connectivity index is 1.92. The highest BCUT2D eigenvalue weighted by molar-refractivity contribution is 9.10. The topological polar surface area (TPSA) is 85.2 Å². The molecule has 0 saturated carbocycles. The predicted octanol–water partition coefficient (Wildman–Crippen LogP) is 3.33. The van der Waals surface area contributed by atoms with Gasteiger partial charge in [0.05, 0.1) is 5.69 Å². The molecular weight excluding hydrogens is 370 g/mol. The quantitative estimate of drug-likeness (QED) is 0.308. The summed E-state index contributed by atoms with van der Waals surface area (Å²) in [7, 11) is 0. The standard InChI is InChI=1S/C18H16BrN3O2/c19-15-6-2-1-5-13(15)9-10-21-12-14(11-20)18(24)22-16-7-3-4-8-17(16)23/h1-8,12,21,23H,9-10H2,(H,22,24)/b14-12-. The molecule has 0 spiro atoms. The zero-order valence-corrected chi connectivity index (χ0v) is 14.4. The molecule has 0 bridgehead atoms. The number of aromatic hydroxyl groups is 1. The Bertz CT molecular complexity index is 797. The summed E-state index contributed by atoms with van der Waals surface area (Å²) in [4.78, 5) is 12.1. The third-order valence-electron chi connectivity index (χ3n) is 3.26. The lowest BCUT2D eigenvalue weighted by atomic mass is 10.1. The second-order valence-electron chi connectivity index (χ2n) is 4.94. The molecular formula is C18H16BrN3O2. The van der Waals surface area contributed by atoms with E-state index in [1.165, 1.54) is 12.3 Å². The summed E-state index contributed by atoms with van der Waals surface area (Å²) in [6, 6.07) is 16.1. The van der Waals surface area contributed by atoms with E-state index in [-0.39, 0.29) is 17.0 Å². The molecule has 0 heterocycles. The number of hydrogen-bond acceptors (Lipinski definition) is 4. The Morgan fingerprint density at radius 3 is 2.62 bits per heavy atom. The first-order valence-corrected chi connectivity index (χ1v) is 8.07. The van der Waals surface area contributed by atoms with Crippen LogP contribution in [-0.2, 0) is 11.2 Å². The summed E-state index contributed by atoms with van der Waals surface area (Å²) in [6.07, 6.45) is 2.13. The minimum Gasteiger partial charge on any atom is -0.506 e. The van der Waals surface area contributed by atoms with E-state index in [0.717, 1.165) is 16.5 Å². The first-order valence-electron chi connectivity index (χ1n) is 7.28. The van der Waals surface area contributed by atoms with Crippen molar-refractivity contribution in [3.05, 3.63) is 70.3 Å². The second kappa shape index (κ2) is 8.75. The fourth-order valence-electron chi connectivity index (χ4n) is 2.00. The minimum atomic E-state index is -0.576. The summed E-state index contributed by atoms with van der Waals surface area (Å²) in [6.45, 7) is 0.581. The smallest absolute Gasteiger partial charge is 0.267 e. The van der Waals surface area contributed by atoms with Gasteiger partial charge in [0.2, 0.25) is 0 Å². The van der Waals surface area contributed by atoms with Gasteiger partial charge in [-0.1, -0.05) is 46.3 Å². The van der Waals surface area contributed by atoms with Crippen molar-refractivity contribution in [3.63, 3.8) is 0 Å². The monoisotopic (exact) mass is 385 g/mol. The van der Waals surface area contributed by atoms with E-state index < -0.39 is 5.91 Å². The average molecular weight is 386 g/mol. The van der Waals surface area contributed by atoms with Crippen molar-refractivity contribution < 1.29 is 9.90 Å². The van der Waals surface area contributed by atoms with Crippen LogP contribution in [-0.4, -0.2) is 17.6 Å². The molecule has 0 aliphatic heterocycles. The Hall–Kier alpha value is -2.78. The molecule has 24 heavy (non-hydrogen) atoms. The molecule has 5 nitrogen and oxygen atoms in total. The Morgan fingerprint density at radius 1 is 1.21 bits per heavy atom. The van der Waals surface area contributed by atoms with Gasteiger partial charge in [-0.15, -0.1) is 0 Å². The highest BCUT2D eigenvalue weighted by atomic mass is 79.9. The van der Waals surface area contributed by atoms with Crippen molar-refractivity contribution in [2.45, 2.75) is 6.42 Å². The molecule has 6 heteroatoms. The normalized spacial score (nSPS) is 10.8. The van der Waals surface area contributed by atoms with Crippen LogP contribution >= 0.6 is 15.9 Å². The zero-order chi connectivity index (χ0) is 17.4. The molecule has 2 aromatic carbocycles. The number of carbonyl (C=O) groups excluding carboxylic acids is 1. The van der Waals surface area contributed by atoms with Crippen molar-refractivity contribution in [2.24, 2.45) is 0 Å². The fourth-order valence-corrected chi connectivity index (χ4v) is 2.48. The van der Waals surface area contributed by atoms with Gasteiger partial charge in [-0.25, -0.2) is 0 Å². The van der Waals surface area contributed by atoms with Gasteiger partial charge in [0.15, 0.2) is 0 Å². The van der Waals surface area contributed by atoms with E-state index in [9.17, 15) is 9.90 Å². The van der Waals surface area contributed by atoms with E-state index in [4.69, 9.17) is 5.26 Å². The number of halogens is 1. The summed E-state index contributed by atoms with van der Waals surface area (Å²) >= 11 is 3.47. The predicted molar refractivity (Wildman–Crippen MR) is 96.3 cm³/mol. The van der Waals surface area contributed by atoms with Gasteiger partial charge in [-0.05, 0) is 30.2 Å². The van der Waals surface area contributed by atoms with Crippen molar-refractivity contribution in [2.75, 3.05) is 11.9 Å². The molecule has 0 aliphatic rings. The number of para-hydroxylation sites is 2. The number of benzene rings is 2. The molecule has 3 N–H and O–H groups in total. The van der Waals surface area contributed by atoms with Crippen molar-refractivity contribution in [1.82, 2.24) is 5.32 Å². The van der Waals surface area contributed by atoms with Gasteiger partial charge in [0, 0.05) is 17.2 Å². The molecule has 122 valence electrons. The number of phenols is 1. The third kappa shape index (κ3) is 4.86. The second-order valence-corrected chi connectivity index (χ2v) is 5.79. The maximum Gasteiger partial charge on any atom is 0.267 e. The third-order valence-corrected chi connectivity index (χ3v) is 4.03. The van der Waals surface area contributed by atoms with Crippen molar-refractivity contribution in [3.8, 4) is 11.8 Å². The molecule has 0 fully saturated rings. The maximum atomic E-state index is 12.1. The van der Waals surface area contributed by atoms with Gasteiger partial charge in [0.25, 0.3) is 5.91 Å². The molecule has 0 aliphatic carbocycles. The van der Waals surface area contributed by atoms with E-state index in [0.29, 0.717) is 6.54 Å². The number of nitrogens with zero attached hydrogens (tertiary/aromatic N) is 1. The summed E-state index contributed by atoms with van der Waals surface area (Å²) in [5.74, 6) is -0.627. The molecule has 0 unspecified atom stereocenters. The lowest BCUT2D eigenvalue weighted by Crippen LogP contribution is -2.18. The number of carbonyl (C=O) groups is 1. The number of hydrogen-bond donors (Lipinski definition) is 3. The Kier molecular flexibility index (Phi) is 6.41. The average Bonchev–Trinajstić information content (AvgIpc) is 2.58. The maximum absolute atomic E-state index is 12.1. The first kappa shape index (κ1) is 17.6. The number of nitrogens with one attached hydrogen (secondary N) is 2. The van der Waals surface area contributed by atoms with Crippen LogP contribution in [0.3, 0.4) is 0 Å². The van der Waals surface area contributed by atoms with Gasteiger partial charge in [-0.2, -0.15) is 5.26 Å².